The van der Waals surface area contributed by atoms with Gasteiger partial charge in [-0.05, 0) is 12.8 Å². The molecule has 1 aliphatic heterocycles. The summed E-state index contributed by atoms with van der Waals surface area (Å²) in [7, 11) is 0. The third kappa shape index (κ3) is 2.90. The van der Waals surface area contributed by atoms with Crippen LogP contribution in [0.3, 0.4) is 0 Å². The standard InChI is InChI=1S/C12H10F3NO4/c13-5-3-6(14)10(7(15)4-5)16-11(17)8-1-2-9(20-8)12(18)19/h3-4,8-9H,1-2H2,(H,16,17)(H,18,19). The zero-order chi connectivity index (χ0) is 14.9. The van der Waals surface area contributed by atoms with E-state index in [1.165, 1.54) is 0 Å². The van der Waals surface area contributed by atoms with Gasteiger partial charge in [0.2, 0.25) is 0 Å². The van der Waals surface area contributed by atoms with E-state index in [2.05, 4.69) is 0 Å². The molecule has 0 radical (unpaired) electrons. The molecule has 8 heteroatoms. The summed E-state index contributed by atoms with van der Waals surface area (Å²) in [6.07, 6.45) is -1.98. The molecule has 1 heterocycles. The van der Waals surface area contributed by atoms with Crippen LogP contribution in [-0.2, 0) is 14.3 Å². The molecule has 0 aliphatic carbocycles. The number of carboxylic acid groups (broad SMARTS) is 1. The predicted octanol–water partition coefficient (Wildman–Crippen LogP) is 1.67. The number of hydrogen-bond acceptors (Lipinski definition) is 3. The van der Waals surface area contributed by atoms with Gasteiger partial charge in [0.1, 0.15) is 17.6 Å². The van der Waals surface area contributed by atoms with E-state index < -0.39 is 47.2 Å². The van der Waals surface area contributed by atoms with Gasteiger partial charge in [-0.3, -0.25) is 4.79 Å². The van der Waals surface area contributed by atoms with Gasteiger partial charge in [-0.2, -0.15) is 0 Å². The highest BCUT2D eigenvalue weighted by molar-refractivity contribution is 5.95. The molecule has 0 saturated carbocycles. The van der Waals surface area contributed by atoms with Crippen molar-refractivity contribution in [1.29, 1.82) is 0 Å². The normalized spacial score (nSPS) is 21.8. The van der Waals surface area contributed by atoms with Crippen LogP contribution < -0.4 is 5.32 Å². The van der Waals surface area contributed by atoms with E-state index >= 15 is 0 Å². The van der Waals surface area contributed by atoms with Gasteiger partial charge in [-0.1, -0.05) is 0 Å². The maximum absolute atomic E-state index is 13.3. The molecular formula is C12H10F3NO4. The van der Waals surface area contributed by atoms with Crippen molar-refractivity contribution in [3.63, 3.8) is 0 Å². The molecule has 1 fully saturated rings. The number of nitrogens with one attached hydrogen (secondary N) is 1. The van der Waals surface area contributed by atoms with Crippen molar-refractivity contribution in [2.24, 2.45) is 0 Å². The van der Waals surface area contributed by atoms with Crippen LogP contribution in [0.5, 0.6) is 0 Å². The number of carbonyl (C=O) groups excluding carboxylic acids is 1. The maximum atomic E-state index is 13.3. The van der Waals surface area contributed by atoms with Crippen molar-refractivity contribution in [3.05, 3.63) is 29.6 Å². The van der Waals surface area contributed by atoms with Crippen molar-refractivity contribution >= 4 is 17.6 Å². The first-order valence-corrected chi connectivity index (χ1v) is 5.72. The lowest BCUT2D eigenvalue weighted by atomic mass is 10.2. The third-order valence-corrected chi connectivity index (χ3v) is 2.84. The minimum absolute atomic E-state index is 0.118. The number of anilines is 1. The molecule has 1 aromatic carbocycles. The number of carbonyl (C=O) groups is 2. The van der Waals surface area contributed by atoms with Crippen LogP contribution in [0.4, 0.5) is 18.9 Å². The molecule has 0 aromatic heterocycles. The fourth-order valence-corrected chi connectivity index (χ4v) is 1.88. The van der Waals surface area contributed by atoms with Gasteiger partial charge < -0.3 is 15.2 Å². The molecule has 1 aliphatic rings. The Bertz CT molecular complexity index is 541. The van der Waals surface area contributed by atoms with Gasteiger partial charge in [0, 0.05) is 12.1 Å². The number of ether oxygens (including phenoxy) is 1. The summed E-state index contributed by atoms with van der Waals surface area (Å²) in [5, 5.41) is 10.6. The van der Waals surface area contributed by atoms with Crippen LogP contribution in [-0.4, -0.2) is 29.2 Å². The molecule has 20 heavy (non-hydrogen) atoms. The van der Waals surface area contributed by atoms with E-state index in [1.54, 1.807) is 0 Å². The van der Waals surface area contributed by atoms with Crippen LogP contribution in [0.2, 0.25) is 0 Å². The van der Waals surface area contributed by atoms with Crippen LogP contribution in [0.25, 0.3) is 0 Å². The molecule has 1 aromatic rings. The highest BCUT2D eigenvalue weighted by atomic mass is 19.1. The highest BCUT2D eigenvalue weighted by Gasteiger charge is 2.35. The molecular weight excluding hydrogens is 279 g/mol. The quantitative estimate of drug-likeness (QED) is 0.887. The lowest BCUT2D eigenvalue weighted by Gasteiger charge is -2.12. The number of amides is 1. The Hall–Kier alpha value is -2.09. The van der Waals surface area contributed by atoms with Gasteiger partial charge in [-0.15, -0.1) is 0 Å². The fraction of sp³-hybridized carbons (Fsp3) is 0.333. The van der Waals surface area contributed by atoms with Gasteiger partial charge in [0.15, 0.2) is 17.7 Å². The van der Waals surface area contributed by atoms with Gasteiger partial charge in [0.05, 0.1) is 0 Å². The summed E-state index contributed by atoms with van der Waals surface area (Å²) in [4.78, 5) is 22.4. The monoisotopic (exact) mass is 289 g/mol. The van der Waals surface area contributed by atoms with E-state index in [0.717, 1.165) is 0 Å². The van der Waals surface area contributed by atoms with Crippen molar-refractivity contribution in [2.45, 2.75) is 25.0 Å². The third-order valence-electron chi connectivity index (χ3n) is 2.84. The molecule has 2 unspecified atom stereocenters. The molecule has 2 N–H and O–H groups in total. The Morgan fingerprint density at radius 1 is 1.15 bits per heavy atom. The summed E-state index contributed by atoms with van der Waals surface area (Å²) in [6.45, 7) is 0. The predicted molar refractivity (Wildman–Crippen MR) is 60.5 cm³/mol. The Balaban J connectivity index is 2.08. The average molecular weight is 289 g/mol. The summed E-state index contributed by atoms with van der Waals surface area (Å²) in [5.41, 5.74) is -0.793. The molecule has 0 bridgehead atoms. The van der Waals surface area contributed by atoms with Crippen LogP contribution in [0, 0.1) is 17.5 Å². The Morgan fingerprint density at radius 3 is 2.20 bits per heavy atom. The highest BCUT2D eigenvalue weighted by Crippen LogP contribution is 2.24. The molecule has 0 spiro atoms. The summed E-state index contributed by atoms with van der Waals surface area (Å²) < 4.78 is 44.3. The first-order valence-electron chi connectivity index (χ1n) is 5.72. The van der Waals surface area contributed by atoms with E-state index in [-0.39, 0.29) is 12.8 Å². The van der Waals surface area contributed by atoms with Gasteiger partial charge in [-0.25, -0.2) is 18.0 Å². The first-order chi connectivity index (χ1) is 9.38. The van der Waals surface area contributed by atoms with E-state index in [1.807, 2.05) is 5.32 Å². The van der Waals surface area contributed by atoms with Gasteiger partial charge in [0.25, 0.3) is 5.91 Å². The second kappa shape index (κ2) is 5.49. The second-order valence-electron chi connectivity index (χ2n) is 4.26. The summed E-state index contributed by atoms with van der Waals surface area (Å²) in [6, 6.07) is 0.850. The lowest BCUT2D eigenvalue weighted by molar-refractivity contribution is -0.150. The number of carboxylic acids is 1. The topological polar surface area (TPSA) is 75.6 Å². The molecule has 2 atom stereocenters. The molecule has 1 saturated heterocycles. The lowest BCUT2D eigenvalue weighted by Crippen LogP contribution is -2.30. The zero-order valence-electron chi connectivity index (χ0n) is 10.0. The number of hydrogen-bond donors (Lipinski definition) is 2. The zero-order valence-corrected chi connectivity index (χ0v) is 10.0. The smallest absolute Gasteiger partial charge is 0.332 e. The molecule has 108 valence electrons. The van der Waals surface area contributed by atoms with Crippen molar-refractivity contribution in [2.75, 3.05) is 5.32 Å². The summed E-state index contributed by atoms with van der Waals surface area (Å²) in [5.74, 6) is -5.72. The fourth-order valence-electron chi connectivity index (χ4n) is 1.88. The SMILES string of the molecule is O=C(O)C1CCC(C(=O)Nc2c(F)cc(F)cc2F)O1. The van der Waals surface area contributed by atoms with Crippen molar-refractivity contribution < 1.29 is 32.6 Å². The number of benzene rings is 1. The molecule has 2 rings (SSSR count). The van der Waals surface area contributed by atoms with Crippen molar-refractivity contribution in [1.82, 2.24) is 0 Å². The Morgan fingerprint density at radius 2 is 1.70 bits per heavy atom. The molecule has 5 nitrogen and oxygen atoms in total. The number of aliphatic carboxylic acids is 1. The van der Waals surface area contributed by atoms with E-state index in [4.69, 9.17) is 9.84 Å². The maximum Gasteiger partial charge on any atom is 0.332 e. The van der Waals surface area contributed by atoms with E-state index in [9.17, 15) is 22.8 Å². The summed E-state index contributed by atoms with van der Waals surface area (Å²) >= 11 is 0. The van der Waals surface area contributed by atoms with Crippen LogP contribution in [0.15, 0.2) is 12.1 Å². The largest absolute Gasteiger partial charge is 0.479 e. The number of halogens is 3. The minimum atomic E-state index is -1.26. The van der Waals surface area contributed by atoms with Gasteiger partial charge >= 0.3 is 5.97 Å². The average Bonchev–Trinajstić information content (AvgIpc) is 2.83. The molecule has 1 amide bonds. The second-order valence-corrected chi connectivity index (χ2v) is 4.26. The van der Waals surface area contributed by atoms with Crippen LogP contribution >= 0.6 is 0 Å². The number of rotatable bonds is 3. The van der Waals surface area contributed by atoms with Crippen molar-refractivity contribution in [3.8, 4) is 0 Å². The Kier molecular flexibility index (Phi) is 3.93. The van der Waals surface area contributed by atoms with E-state index in [0.29, 0.717) is 12.1 Å². The Labute approximate surface area is 111 Å². The first kappa shape index (κ1) is 14.3. The van der Waals surface area contributed by atoms with Crippen LogP contribution in [0.1, 0.15) is 12.8 Å². The minimum Gasteiger partial charge on any atom is -0.479 e.